The highest BCUT2D eigenvalue weighted by Gasteiger charge is 2.13. The van der Waals surface area contributed by atoms with Gasteiger partial charge in [0, 0.05) is 12.3 Å². The van der Waals surface area contributed by atoms with Crippen molar-refractivity contribution in [3.8, 4) is 17.1 Å². The Morgan fingerprint density at radius 3 is 2.79 bits per heavy atom. The highest BCUT2D eigenvalue weighted by molar-refractivity contribution is 6.32. The second-order valence-electron chi connectivity index (χ2n) is 6.53. The summed E-state index contributed by atoms with van der Waals surface area (Å²) in [4.78, 5) is 22.6. The van der Waals surface area contributed by atoms with Gasteiger partial charge < -0.3 is 10.1 Å². The maximum Gasteiger partial charge on any atom is 0.288 e. The van der Waals surface area contributed by atoms with Crippen LogP contribution in [0.1, 0.15) is 11.1 Å². The highest BCUT2D eigenvalue weighted by atomic mass is 35.5. The predicted molar refractivity (Wildman–Crippen MR) is 113 cm³/mol. The topological polar surface area (TPSA) is 104 Å². The number of H-pyrrole nitrogens is 1. The molecule has 0 aliphatic carbocycles. The molecule has 0 unspecified atom stereocenters. The lowest BCUT2D eigenvalue weighted by Crippen LogP contribution is -1.91. The van der Waals surface area contributed by atoms with Gasteiger partial charge in [-0.25, -0.2) is 4.98 Å². The number of rotatable bonds is 4. The summed E-state index contributed by atoms with van der Waals surface area (Å²) in [5, 5.41) is 21.4. The molecule has 0 fully saturated rings. The molecule has 29 heavy (non-hydrogen) atoms. The number of hydrogen-bond donors (Lipinski definition) is 2. The van der Waals surface area contributed by atoms with Gasteiger partial charge in [0.15, 0.2) is 0 Å². The van der Waals surface area contributed by atoms with Gasteiger partial charge in [0.2, 0.25) is 0 Å². The molecule has 0 radical (unpaired) electrons. The Balaban J connectivity index is 1.69. The number of nitrogens with one attached hydrogen (secondary N) is 1. The smallest absolute Gasteiger partial charge is 0.288 e. The van der Waals surface area contributed by atoms with Gasteiger partial charge in [0.05, 0.1) is 27.2 Å². The summed E-state index contributed by atoms with van der Waals surface area (Å²) >= 11 is 5.83. The molecule has 4 rings (SSSR count). The number of nitro groups is 1. The molecular formula is C21H15ClN4O3. The zero-order chi connectivity index (χ0) is 20.5. The van der Waals surface area contributed by atoms with E-state index in [0.717, 1.165) is 16.6 Å². The largest absolute Gasteiger partial charge is 0.507 e. The normalized spacial score (nSPS) is 11.4. The average Bonchev–Trinajstić information content (AvgIpc) is 3.11. The van der Waals surface area contributed by atoms with Crippen LogP contribution < -0.4 is 0 Å². The van der Waals surface area contributed by atoms with Gasteiger partial charge in [-0.2, -0.15) is 0 Å². The highest BCUT2D eigenvalue weighted by Crippen LogP contribution is 2.32. The van der Waals surface area contributed by atoms with Gasteiger partial charge in [-0.1, -0.05) is 23.7 Å². The van der Waals surface area contributed by atoms with Crippen molar-refractivity contribution in [2.45, 2.75) is 6.92 Å². The standard InChI is InChI=1S/C21H15ClN4O3/c1-12-2-6-17-18(8-12)25-21(24-17)15-10-14(4-7-20(15)27)23-11-13-3-5-16(22)19(9-13)26(28)29/h2-11,27H,1H3,(H,24,25). The summed E-state index contributed by atoms with van der Waals surface area (Å²) in [6.07, 6.45) is 1.50. The minimum Gasteiger partial charge on any atom is -0.507 e. The number of phenols is 1. The van der Waals surface area contributed by atoms with Crippen molar-refractivity contribution in [2.24, 2.45) is 4.99 Å². The quantitative estimate of drug-likeness (QED) is 0.263. The molecule has 0 aliphatic heterocycles. The molecule has 2 N–H and O–H groups in total. The zero-order valence-corrected chi connectivity index (χ0v) is 16.0. The van der Waals surface area contributed by atoms with E-state index in [9.17, 15) is 15.2 Å². The summed E-state index contributed by atoms with van der Waals surface area (Å²) in [5.74, 6) is 0.601. The van der Waals surface area contributed by atoms with Crippen molar-refractivity contribution >= 4 is 40.2 Å². The number of phenolic OH excluding ortho intramolecular Hbond substituents is 1. The molecule has 3 aromatic carbocycles. The van der Waals surface area contributed by atoms with Crippen molar-refractivity contribution in [2.75, 3.05) is 0 Å². The lowest BCUT2D eigenvalue weighted by molar-refractivity contribution is -0.384. The Bertz CT molecular complexity index is 1280. The second-order valence-corrected chi connectivity index (χ2v) is 6.94. The fraction of sp³-hybridized carbons (Fsp3) is 0.0476. The minimum absolute atomic E-state index is 0.0687. The lowest BCUT2D eigenvalue weighted by atomic mass is 10.1. The van der Waals surface area contributed by atoms with E-state index in [2.05, 4.69) is 15.0 Å². The molecule has 4 aromatic rings. The number of halogens is 1. The van der Waals surface area contributed by atoms with Crippen LogP contribution in [0.5, 0.6) is 5.75 Å². The number of aromatic nitrogens is 2. The average molecular weight is 407 g/mol. The molecule has 1 heterocycles. The van der Waals surface area contributed by atoms with E-state index >= 15 is 0 Å². The van der Waals surface area contributed by atoms with Gasteiger partial charge in [-0.15, -0.1) is 0 Å². The number of aromatic hydroxyl groups is 1. The molecule has 0 aliphatic rings. The SMILES string of the molecule is Cc1ccc2nc(-c3cc(N=Cc4ccc(Cl)c([N+](=O)[O-])c4)ccc3O)[nH]c2c1. The number of nitrogens with zero attached hydrogens (tertiary/aromatic N) is 3. The Morgan fingerprint density at radius 2 is 2.00 bits per heavy atom. The molecule has 1 aromatic heterocycles. The fourth-order valence-electron chi connectivity index (χ4n) is 2.94. The molecule has 7 nitrogen and oxygen atoms in total. The first-order valence-electron chi connectivity index (χ1n) is 8.68. The monoisotopic (exact) mass is 406 g/mol. The van der Waals surface area contributed by atoms with Crippen LogP contribution in [0.2, 0.25) is 5.02 Å². The molecule has 0 atom stereocenters. The number of nitro benzene ring substituents is 1. The van der Waals surface area contributed by atoms with E-state index in [4.69, 9.17) is 11.6 Å². The van der Waals surface area contributed by atoms with Gasteiger partial charge in [-0.05, 0) is 54.4 Å². The number of hydrogen-bond acceptors (Lipinski definition) is 5. The van der Waals surface area contributed by atoms with Crippen molar-refractivity contribution in [1.82, 2.24) is 9.97 Å². The first kappa shape index (κ1) is 18.6. The Morgan fingerprint density at radius 1 is 1.17 bits per heavy atom. The van der Waals surface area contributed by atoms with Gasteiger partial charge in [0.25, 0.3) is 5.69 Å². The van der Waals surface area contributed by atoms with E-state index in [0.29, 0.717) is 22.6 Å². The second kappa shape index (κ2) is 7.37. The van der Waals surface area contributed by atoms with Crippen LogP contribution in [-0.2, 0) is 0 Å². The van der Waals surface area contributed by atoms with Crippen molar-refractivity contribution in [3.63, 3.8) is 0 Å². The van der Waals surface area contributed by atoms with Crippen molar-refractivity contribution in [1.29, 1.82) is 0 Å². The number of fused-ring (bicyclic) bond motifs is 1. The minimum atomic E-state index is -0.540. The number of imidazole rings is 1. The van der Waals surface area contributed by atoms with E-state index in [1.165, 1.54) is 24.4 Å². The fourth-order valence-corrected chi connectivity index (χ4v) is 3.13. The third-order valence-electron chi connectivity index (χ3n) is 4.40. The predicted octanol–water partition coefficient (Wildman–Crippen LogP) is 5.56. The molecule has 0 bridgehead atoms. The van der Waals surface area contributed by atoms with E-state index < -0.39 is 4.92 Å². The van der Waals surface area contributed by atoms with E-state index in [1.807, 2.05) is 25.1 Å². The zero-order valence-electron chi connectivity index (χ0n) is 15.3. The van der Waals surface area contributed by atoms with Crippen LogP contribution in [0.15, 0.2) is 59.6 Å². The molecular weight excluding hydrogens is 392 g/mol. The number of aromatic amines is 1. The summed E-state index contributed by atoms with van der Waals surface area (Å²) < 4.78 is 0. The third kappa shape index (κ3) is 3.81. The van der Waals surface area contributed by atoms with Crippen LogP contribution in [0, 0.1) is 17.0 Å². The van der Waals surface area contributed by atoms with Crippen LogP contribution in [0.25, 0.3) is 22.4 Å². The third-order valence-corrected chi connectivity index (χ3v) is 4.72. The number of aryl methyl sites for hydroxylation is 1. The van der Waals surface area contributed by atoms with Crippen molar-refractivity contribution < 1.29 is 10.0 Å². The van der Waals surface area contributed by atoms with Crippen LogP contribution >= 0.6 is 11.6 Å². The van der Waals surface area contributed by atoms with E-state index in [1.54, 1.807) is 18.2 Å². The molecule has 0 saturated carbocycles. The van der Waals surface area contributed by atoms with Gasteiger partial charge in [-0.3, -0.25) is 15.1 Å². The Labute approximate surface area is 170 Å². The van der Waals surface area contributed by atoms with Gasteiger partial charge in [0.1, 0.15) is 16.6 Å². The van der Waals surface area contributed by atoms with Crippen LogP contribution in [0.4, 0.5) is 11.4 Å². The number of benzene rings is 3. The summed E-state index contributed by atoms with van der Waals surface area (Å²) in [7, 11) is 0. The lowest BCUT2D eigenvalue weighted by Gasteiger charge is -2.03. The summed E-state index contributed by atoms with van der Waals surface area (Å²) in [6, 6.07) is 15.2. The molecule has 0 spiro atoms. The Hall–Kier alpha value is -3.71. The summed E-state index contributed by atoms with van der Waals surface area (Å²) in [5.41, 5.74) is 4.21. The van der Waals surface area contributed by atoms with E-state index in [-0.39, 0.29) is 16.5 Å². The van der Waals surface area contributed by atoms with Crippen molar-refractivity contribution in [3.05, 3.63) is 80.9 Å². The van der Waals surface area contributed by atoms with Crippen LogP contribution in [0.3, 0.4) is 0 Å². The number of aliphatic imine (C=N–C) groups is 1. The molecule has 144 valence electrons. The maximum atomic E-state index is 11.0. The molecule has 0 amide bonds. The summed E-state index contributed by atoms with van der Waals surface area (Å²) in [6.45, 7) is 1.99. The Kier molecular flexibility index (Phi) is 4.74. The molecule has 0 saturated heterocycles. The van der Waals surface area contributed by atoms with Crippen LogP contribution in [-0.4, -0.2) is 26.2 Å². The van der Waals surface area contributed by atoms with Gasteiger partial charge >= 0.3 is 0 Å². The maximum absolute atomic E-state index is 11.0. The first-order chi connectivity index (χ1) is 13.9. The first-order valence-corrected chi connectivity index (χ1v) is 9.06. The molecule has 8 heteroatoms.